The highest BCUT2D eigenvalue weighted by Crippen LogP contribution is 2.35. The minimum Gasteiger partial charge on any atom is -0.371 e. The number of hydrogen-bond acceptors (Lipinski definition) is 4. The van der Waals surface area contributed by atoms with Crippen molar-refractivity contribution in [2.24, 2.45) is 5.73 Å². The van der Waals surface area contributed by atoms with Crippen LogP contribution in [0.3, 0.4) is 0 Å². The summed E-state index contributed by atoms with van der Waals surface area (Å²) in [7, 11) is 0. The average Bonchev–Trinajstić information content (AvgIpc) is 3.01. The molecule has 3 rings (SSSR count). The molecule has 5 heteroatoms. The van der Waals surface area contributed by atoms with Crippen LogP contribution in [0.15, 0.2) is 12.1 Å². The van der Waals surface area contributed by atoms with Crippen molar-refractivity contribution in [2.45, 2.75) is 32.7 Å². The summed E-state index contributed by atoms with van der Waals surface area (Å²) in [4.78, 5) is 16.6. The van der Waals surface area contributed by atoms with E-state index in [0.29, 0.717) is 11.6 Å². The summed E-state index contributed by atoms with van der Waals surface area (Å²) in [6.07, 6.45) is 2.37. The molecule has 0 saturated carbocycles. The van der Waals surface area contributed by atoms with E-state index in [2.05, 4.69) is 35.0 Å². The van der Waals surface area contributed by atoms with E-state index in [1.54, 1.807) is 0 Å². The van der Waals surface area contributed by atoms with E-state index in [1.165, 1.54) is 24.1 Å². The summed E-state index contributed by atoms with van der Waals surface area (Å²) >= 11 is 0. The first-order valence-corrected chi connectivity index (χ1v) is 8.25. The van der Waals surface area contributed by atoms with Crippen molar-refractivity contribution in [3.63, 3.8) is 0 Å². The predicted octanol–water partition coefficient (Wildman–Crippen LogP) is 1.49. The van der Waals surface area contributed by atoms with Gasteiger partial charge in [0.15, 0.2) is 0 Å². The number of rotatable bonds is 3. The Labute approximate surface area is 132 Å². The molecule has 1 aromatic carbocycles. The molecule has 120 valence electrons. The number of carbonyl (C=O) groups excluding carboxylic acids is 1. The second kappa shape index (κ2) is 6.16. The molecule has 0 spiro atoms. The van der Waals surface area contributed by atoms with Gasteiger partial charge in [0.2, 0.25) is 0 Å². The van der Waals surface area contributed by atoms with E-state index < -0.39 is 0 Å². The first-order valence-electron chi connectivity index (χ1n) is 8.25. The summed E-state index contributed by atoms with van der Waals surface area (Å²) in [6.45, 7) is 9.39. The topological polar surface area (TPSA) is 61.6 Å². The largest absolute Gasteiger partial charge is 0.371 e. The van der Waals surface area contributed by atoms with Crippen LogP contribution in [0.4, 0.5) is 11.4 Å². The number of hydrogen-bond donors (Lipinski definition) is 2. The lowest BCUT2D eigenvalue weighted by Gasteiger charge is -2.38. The van der Waals surface area contributed by atoms with Gasteiger partial charge in [-0.3, -0.25) is 4.79 Å². The number of primary amides is 1. The van der Waals surface area contributed by atoms with Crippen LogP contribution >= 0.6 is 0 Å². The lowest BCUT2D eigenvalue weighted by molar-refractivity contribution is 0.100. The quantitative estimate of drug-likeness (QED) is 0.888. The van der Waals surface area contributed by atoms with Crippen molar-refractivity contribution in [3.8, 4) is 0 Å². The third kappa shape index (κ3) is 2.65. The highest BCUT2D eigenvalue weighted by molar-refractivity contribution is 6.00. The van der Waals surface area contributed by atoms with E-state index in [4.69, 9.17) is 5.73 Å². The molecule has 1 amide bonds. The van der Waals surface area contributed by atoms with Gasteiger partial charge in [-0.15, -0.1) is 0 Å². The van der Waals surface area contributed by atoms with E-state index in [1.807, 2.05) is 6.07 Å². The van der Waals surface area contributed by atoms with Crippen LogP contribution in [-0.4, -0.2) is 44.7 Å². The Balaban J connectivity index is 2.05. The Kier molecular flexibility index (Phi) is 4.25. The third-order valence-electron chi connectivity index (χ3n) is 4.90. The number of piperazine rings is 1. The van der Waals surface area contributed by atoms with E-state index >= 15 is 0 Å². The molecule has 1 unspecified atom stereocenters. The SMILES string of the molecule is Cc1c(N2CCNCC2C)ccc(C(N)=O)c1N1CCCC1. The van der Waals surface area contributed by atoms with Gasteiger partial charge in [0, 0.05) is 44.5 Å². The Hall–Kier alpha value is -1.75. The maximum atomic E-state index is 11.9. The number of nitrogens with two attached hydrogens (primary N) is 1. The second-order valence-electron chi connectivity index (χ2n) is 6.41. The minimum atomic E-state index is -0.329. The number of amides is 1. The van der Waals surface area contributed by atoms with Gasteiger partial charge < -0.3 is 20.9 Å². The zero-order valence-corrected chi connectivity index (χ0v) is 13.6. The van der Waals surface area contributed by atoms with Crippen molar-refractivity contribution in [2.75, 3.05) is 42.5 Å². The molecule has 2 fully saturated rings. The Bertz CT molecular complexity index is 566. The summed E-state index contributed by atoms with van der Waals surface area (Å²) in [5.41, 5.74) is 9.75. The van der Waals surface area contributed by atoms with E-state index in [-0.39, 0.29) is 5.91 Å². The molecule has 1 atom stereocenters. The van der Waals surface area contributed by atoms with E-state index in [0.717, 1.165) is 38.4 Å². The van der Waals surface area contributed by atoms with Crippen LogP contribution in [0.25, 0.3) is 0 Å². The summed E-state index contributed by atoms with van der Waals surface area (Å²) in [5, 5.41) is 3.43. The first kappa shape index (κ1) is 15.2. The highest BCUT2D eigenvalue weighted by atomic mass is 16.1. The normalized spacial score (nSPS) is 22.2. The molecule has 1 aromatic rings. The molecule has 3 N–H and O–H groups in total. The maximum absolute atomic E-state index is 11.9. The number of carbonyl (C=O) groups is 1. The molecule has 2 aliphatic heterocycles. The Morgan fingerprint density at radius 2 is 2.00 bits per heavy atom. The fraction of sp³-hybridized carbons (Fsp3) is 0.588. The summed E-state index contributed by atoms with van der Waals surface area (Å²) in [5.74, 6) is -0.329. The Morgan fingerprint density at radius 3 is 2.64 bits per heavy atom. The second-order valence-corrected chi connectivity index (χ2v) is 6.41. The molecule has 0 bridgehead atoms. The lowest BCUT2D eigenvalue weighted by atomic mass is 10.0. The molecule has 5 nitrogen and oxygen atoms in total. The standard InChI is InChI=1S/C17H26N4O/c1-12-11-19-7-10-21(12)15-6-5-14(17(18)22)16(13(15)2)20-8-3-4-9-20/h5-6,12,19H,3-4,7-11H2,1-2H3,(H2,18,22). The van der Waals surface area contributed by atoms with Crippen LogP contribution in [0.2, 0.25) is 0 Å². The van der Waals surface area contributed by atoms with Crippen LogP contribution in [0.5, 0.6) is 0 Å². The summed E-state index contributed by atoms with van der Waals surface area (Å²) in [6, 6.07) is 4.43. The monoisotopic (exact) mass is 302 g/mol. The maximum Gasteiger partial charge on any atom is 0.250 e. The van der Waals surface area contributed by atoms with Crippen LogP contribution < -0.4 is 20.9 Å². The van der Waals surface area contributed by atoms with Crippen LogP contribution in [-0.2, 0) is 0 Å². The number of anilines is 2. The summed E-state index contributed by atoms with van der Waals surface area (Å²) < 4.78 is 0. The van der Waals surface area contributed by atoms with Crippen molar-refractivity contribution in [3.05, 3.63) is 23.3 Å². The van der Waals surface area contributed by atoms with Crippen LogP contribution in [0, 0.1) is 6.92 Å². The van der Waals surface area contributed by atoms with Crippen LogP contribution in [0.1, 0.15) is 35.7 Å². The first-order chi connectivity index (χ1) is 10.6. The van der Waals surface area contributed by atoms with E-state index in [9.17, 15) is 4.79 Å². The van der Waals surface area contributed by atoms with Gasteiger partial charge in [-0.2, -0.15) is 0 Å². The predicted molar refractivity (Wildman–Crippen MR) is 90.8 cm³/mol. The molecule has 0 aromatic heterocycles. The molecule has 0 aliphatic carbocycles. The molecule has 0 radical (unpaired) electrons. The van der Waals surface area contributed by atoms with Gasteiger partial charge >= 0.3 is 0 Å². The number of benzene rings is 1. The van der Waals surface area contributed by atoms with Gasteiger partial charge in [0.25, 0.3) is 5.91 Å². The number of nitrogens with one attached hydrogen (secondary N) is 1. The lowest BCUT2D eigenvalue weighted by Crippen LogP contribution is -2.50. The fourth-order valence-corrected chi connectivity index (χ4v) is 3.75. The van der Waals surface area contributed by atoms with Crippen molar-refractivity contribution < 1.29 is 4.79 Å². The minimum absolute atomic E-state index is 0.329. The molecule has 2 saturated heterocycles. The Morgan fingerprint density at radius 1 is 1.27 bits per heavy atom. The molecule has 2 heterocycles. The fourth-order valence-electron chi connectivity index (χ4n) is 3.75. The van der Waals surface area contributed by atoms with Gasteiger partial charge in [-0.05, 0) is 44.4 Å². The smallest absolute Gasteiger partial charge is 0.250 e. The molecular weight excluding hydrogens is 276 g/mol. The van der Waals surface area contributed by atoms with Gasteiger partial charge in [-0.1, -0.05) is 0 Å². The van der Waals surface area contributed by atoms with Gasteiger partial charge in [0.05, 0.1) is 11.3 Å². The molecule has 22 heavy (non-hydrogen) atoms. The van der Waals surface area contributed by atoms with Gasteiger partial charge in [0.1, 0.15) is 0 Å². The highest BCUT2D eigenvalue weighted by Gasteiger charge is 2.26. The van der Waals surface area contributed by atoms with Crippen molar-refractivity contribution in [1.82, 2.24) is 5.32 Å². The average molecular weight is 302 g/mol. The van der Waals surface area contributed by atoms with Crippen molar-refractivity contribution in [1.29, 1.82) is 0 Å². The zero-order valence-electron chi connectivity index (χ0n) is 13.6. The molecular formula is C17H26N4O. The third-order valence-corrected chi connectivity index (χ3v) is 4.90. The number of nitrogens with zero attached hydrogens (tertiary/aromatic N) is 2. The van der Waals surface area contributed by atoms with Gasteiger partial charge in [-0.25, -0.2) is 0 Å². The molecule has 2 aliphatic rings. The zero-order chi connectivity index (χ0) is 15.7. The van der Waals surface area contributed by atoms with Crippen molar-refractivity contribution >= 4 is 17.3 Å².